The number of allylic oxidation sites excluding steroid dienone is 1. The second kappa shape index (κ2) is 20.1. The molecule has 0 saturated carbocycles. The van der Waals surface area contributed by atoms with Crippen LogP contribution in [-0.4, -0.2) is 42.5 Å². The summed E-state index contributed by atoms with van der Waals surface area (Å²) < 4.78 is 10.2. The highest BCUT2D eigenvalue weighted by Gasteiger charge is 2.22. The van der Waals surface area contributed by atoms with Crippen LogP contribution in [0.4, 0.5) is 4.79 Å². The Kier molecular flexibility index (Phi) is 17.5. The average Bonchev–Trinajstić information content (AvgIpc) is 2.85. The molecule has 6 heteroatoms. The molecule has 0 bridgehead atoms. The first-order chi connectivity index (χ1) is 16.6. The molecule has 0 aliphatic rings. The largest absolute Gasteiger partial charge is 0.460 e. The predicted molar refractivity (Wildman–Crippen MR) is 137 cm³/mol. The number of aliphatic hydroxyl groups excluding tert-OH is 1. The summed E-state index contributed by atoms with van der Waals surface area (Å²) in [5, 5.41) is 13.1. The third-order valence-electron chi connectivity index (χ3n) is 5.70. The van der Waals surface area contributed by atoms with Gasteiger partial charge in [-0.2, -0.15) is 0 Å². The van der Waals surface area contributed by atoms with Crippen LogP contribution in [0.5, 0.6) is 0 Å². The lowest BCUT2D eigenvalue weighted by Gasteiger charge is -2.21. The number of carbonyl (C=O) groups excluding carboxylic acids is 2. The van der Waals surface area contributed by atoms with Gasteiger partial charge in [-0.15, -0.1) is 0 Å². The molecule has 0 unspecified atom stereocenters. The number of esters is 1. The molecule has 6 nitrogen and oxygen atoms in total. The van der Waals surface area contributed by atoms with Crippen molar-refractivity contribution in [1.29, 1.82) is 0 Å². The van der Waals surface area contributed by atoms with Gasteiger partial charge in [0.2, 0.25) is 0 Å². The fourth-order valence-corrected chi connectivity index (χ4v) is 3.67. The molecule has 1 aromatic carbocycles. The number of amides is 1. The zero-order chi connectivity index (χ0) is 24.9. The quantitative estimate of drug-likeness (QED) is 0.134. The summed E-state index contributed by atoms with van der Waals surface area (Å²) in [4.78, 5) is 24.1. The lowest BCUT2D eigenvalue weighted by Crippen LogP contribution is -2.46. The predicted octanol–water partition coefficient (Wildman–Crippen LogP) is 6.58. The van der Waals surface area contributed by atoms with E-state index in [0.717, 1.165) is 12.8 Å². The Morgan fingerprint density at radius 2 is 1.47 bits per heavy atom. The number of benzene rings is 1. The summed E-state index contributed by atoms with van der Waals surface area (Å²) in [5.41, 5.74) is 0.416. The van der Waals surface area contributed by atoms with Gasteiger partial charge in [-0.3, -0.25) is 0 Å². The monoisotopic (exact) mass is 475 g/mol. The number of aliphatic hydroxyl groups is 1. The van der Waals surface area contributed by atoms with Crippen molar-refractivity contribution in [1.82, 2.24) is 5.32 Å². The van der Waals surface area contributed by atoms with Crippen LogP contribution in [-0.2, 0) is 9.47 Å². The molecule has 0 saturated heterocycles. The number of hydrogen-bond donors (Lipinski definition) is 2. The minimum atomic E-state index is -0.985. The Balaban J connectivity index is 2.30. The van der Waals surface area contributed by atoms with E-state index in [1.165, 1.54) is 64.2 Å². The van der Waals surface area contributed by atoms with E-state index in [0.29, 0.717) is 5.56 Å². The normalized spacial score (nSPS) is 12.9. The van der Waals surface area contributed by atoms with Gasteiger partial charge in [0.05, 0.1) is 24.3 Å². The molecular formula is C28H45NO5. The van der Waals surface area contributed by atoms with E-state index in [-0.39, 0.29) is 13.2 Å². The van der Waals surface area contributed by atoms with Gasteiger partial charge in [-0.05, 0) is 31.9 Å². The number of ether oxygens (including phenoxy) is 2. The SMILES string of the molecule is CCCCCCCCCCCCC/C=C/[C@@H](O)[C@H](COC(=O)c1ccccc1)NC(=O)OCC. The third kappa shape index (κ3) is 14.7. The zero-order valence-electron chi connectivity index (χ0n) is 21.2. The standard InChI is InChI=1S/C28H45NO5/c1-3-5-6-7-8-9-10-11-12-13-14-15-19-22-26(30)25(29-28(32)33-4-2)23-34-27(31)24-20-17-16-18-21-24/h16-22,25-26,30H,3-15,23H2,1-2H3,(H,29,32)/b22-19+/t25-,26+/m0/s1. The van der Waals surface area contributed by atoms with Crippen LogP contribution >= 0.6 is 0 Å². The first-order valence-corrected chi connectivity index (χ1v) is 13.1. The van der Waals surface area contributed by atoms with Gasteiger partial charge >= 0.3 is 12.1 Å². The molecule has 0 heterocycles. The van der Waals surface area contributed by atoms with Gasteiger partial charge < -0.3 is 19.9 Å². The van der Waals surface area contributed by atoms with E-state index in [9.17, 15) is 14.7 Å². The van der Waals surface area contributed by atoms with E-state index in [2.05, 4.69) is 12.2 Å². The minimum Gasteiger partial charge on any atom is -0.460 e. The first-order valence-electron chi connectivity index (χ1n) is 13.1. The summed E-state index contributed by atoms with van der Waals surface area (Å²) >= 11 is 0. The van der Waals surface area contributed by atoms with Crippen molar-refractivity contribution in [2.24, 2.45) is 0 Å². The second-order valence-electron chi connectivity index (χ2n) is 8.68. The molecule has 0 radical (unpaired) electrons. The highest BCUT2D eigenvalue weighted by atomic mass is 16.6. The Bertz CT molecular complexity index is 677. The van der Waals surface area contributed by atoms with Crippen LogP contribution < -0.4 is 5.32 Å². The van der Waals surface area contributed by atoms with Crippen molar-refractivity contribution >= 4 is 12.1 Å². The summed E-state index contributed by atoms with van der Waals surface area (Å²) in [7, 11) is 0. The molecule has 0 aliphatic carbocycles. The van der Waals surface area contributed by atoms with E-state index in [1.54, 1.807) is 37.3 Å². The van der Waals surface area contributed by atoms with Gasteiger partial charge in [0, 0.05) is 0 Å². The molecule has 2 N–H and O–H groups in total. The van der Waals surface area contributed by atoms with Crippen LogP contribution in [0.15, 0.2) is 42.5 Å². The fraction of sp³-hybridized carbons (Fsp3) is 0.643. The first kappa shape index (κ1) is 29.7. The molecule has 192 valence electrons. The highest BCUT2D eigenvalue weighted by molar-refractivity contribution is 5.89. The molecule has 1 aromatic rings. The Hall–Kier alpha value is -2.34. The minimum absolute atomic E-state index is 0.156. The molecular weight excluding hydrogens is 430 g/mol. The van der Waals surface area contributed by atoms with Crippen LogP contribution in [0.2, 0.25) is 0 Å². The maximum absolute atomic E-state index is 12.2. The molecule has 0 aromatic heterocycles. The third-order valence-corrected chi connectivity index (χ3v) is 5.70. The van der Waals surface area contributed by atoms with E-state index in [4.69, 9.17) is 9.47 Å². The van der Waals surface area contributed by atoms with Crippen LogP contribution in [0.1, 0.15) is 101 Å². The van der Waals surface area contributed by atoms with Gasteiger partial charge in [-0.25, -0.2) is 9.59 Å². The van der Waals surface area contributed by atoms with Gasteiger partial charge in [0.15, 0.2) is 0 Å². The number of nitrogens with one attached hydrogen (secondary N) is 1. The van der Waals surface area contributed by atoms with E-state index >= 15 is 0 Å². The van der Waals surface area contributed by atoms with Crippen molar-refractivity contribution in [3.8, 4) is 0 Å². The Labute approximate surface area is 206 Å². The Morgan fingerprint density at radius 1 is 0.882 bits per heavy atom. The zero-order valence-corrected chi connectivity index (χ0v) is 21.2. The maximum Gasteiger partial charge on any atom is 0.407 e. The highest BCUT2D eigenvalue weighted by Crippen LogP contribution is 2.12. The number of hydrogen-bond acceptors (Lipinski definition) is 5. The Morgan fingerprint density at radius 3 is 2.06 bits per heavy atom. The number of unbranched alkanes of at least 4 members (excludes halogenated alkanes) is 11. The van der Waals surface area contributed by atoms with Gasteiger partial charge in [0.25, 0.3) is 0 Å². The number of carbonyl (C=O) groups is 2. The van der Waals surface area contributed by atoms with Crippen LogP contribution in [0, 0.1) is 0 Å². The summed E-state index contributed by atoms with van der Waals surface area (Å²) in [6.07, 6.45) is 17.0. The maximum atomic E-state index is 12.2. The lowest BCUT2D eigenvalue weighted by molar-refractivity contribution is 0.0370. The summed E-state index contributed by atoms with van der Waals surface area (Å²) in [6.45, 7) is 4.01. The number of alkyl carbamates (subject to hydrolysis) is 1. The summed E-state index contributed by atoms with van der Waals surface area (Å²) in [6, 6.07) is 7.82. The molecule has 2 atom stereocenters. The van der Waals surface area contributed by atoms with Crippen molar-refractivity contribution in [2.45, 2.75) is 103 Å². The number of rotatable bonds is 19. The average molecular weight is 476 g/mol. The second-order valence-corrected chi connectivity index (χ2v) is 8.68. The van der Waals surface area contributed by atoms with E-state index < -0.39 is 24.2 Å². The van der Waals surface area contributed by atoms with Crippen molar-refractivity contribution in [2.75, 3.05) is 13.2 Å². The molecule has 0 fully saturated rings. The lowest BCUT2D eigenvalue weighted by atomic mass is 10.0. The molecule has 34 heavy (non-hydrogen) atoms. The molecule has 1 amide bonds. The van der Waals surface area contributed by atoms with Crippen molar-refractivity contribution in [3.63, 3.8) is 0 Å². The van der Waals surface area contributed by atoms with Crippen LogP contribution in [0.3, 0.4) is 0 Å². The van der Waals surface area contributed by atoms with Gasteiger partial charge in [-0.1, -0.05) is 101 Å². The van der Waals surface area contributed by atoms with Crippen molar-refractivity contribution in [3.05, 3.63) is 48.0 Å². The van der Waals surface area contributed by atoms with Crippen molar-refractivity contribution < 1.29 is 24.2 Å². The fourth-order valence-electron chi connectivity index (χ4n) is 3.67. The topological polar surface area (TPSA) is 84.9 Å². The van der Waals surface area contributed by atoms with E-state index in [1.807, 2.05) is 12.1 Å². The molecule has 0 spiro atoms. The molecule has 1 rings (SSSR count). The van der Waals surface area contributed by atoms with Crippen LogP contribution in [0.25, 0.3) is 0 Å². The summed E-state index contributed by atoms with van der Waals surface area (Å²) in [5.74, 6) is -0.506. The van der Waals surface area contributed by atoms with Gasteiger partial charge in [0.1, 0.15) is 6.61 Å². The molecule has 0 aliphatic heterocycles. The smallest absolute Gasteiger partial charge is 0.407 e.